The molecule has 1 saturated heterocycles. The van der Waals surface area contributed by atoms with E-state index in [1.807, 2.05) is 18.2 Å². The average molecular weight is 277 g/mol. The summed E-state index contributed by atoms with van der Waals surface area (Å²) in [6.07, 6.45) is 1.29. The topological polar surface area (TPSA) is 38.8 Å². The van der Waals surface area contributed by atoms with Crippen molar-refractivity contribution in [2.24, 2.45) is 0 Å². The smallest absolute Gasteiger partial charge is 0.159 e. The molecule has 0 aliphatic carbocycles. The van der Waals surface area contributed by atoms with E-state index in [9.17, 15) is 4.79 Å². The van der Waals surface area contributed by atoms with Crippen molar-refractivity contribution in [2.75, 3.05) is 26.8 Å². The van der Waals surface area contributed by atoms with Crippen molar-refractivity contribution in [2.45, 2.75) is 32.9 Å². The number of carbonyl (C=O) groups is 1. The maximum absolute atomic E-state index is 11.5. The summed E-state index contributed by atoms with van der Waals surface area (Å²) in [6, 6.07) is 5.64. The minimum atomic E-state index is 0.0847. The number of hydrogen-bond donors (Lipinski definition) is 0. The number of hydrogen-bond acceptors (Lipinski definition) is 4. The third-order valence-electron chi connectivity index (χ3n) is 3.62. The number of carbonyl (C=O) groups excluding carboxylic acids is 1. The van der Waals surface area contributed by atoms with Crippen LogP contribution < -0.4 is 4.74 Å². The van der Waals surface area contributed by atoms with Gasteiger partial charge in [0, 0.05) is 37.4 Å². The first-order valence-corrected chi connectivity index (χ1v) is 7.12. The van der Waals surface area contributed by atoms with E-state index < -0.39 is 0 Å². The second-order valence-corrected chi connectivity index (χ2v) is 5.35. The van der Waals surface area contributed by atoms with Crippen LogP contribution in [0, 0.1) is 0 Å². The summed E-state index contributed by atoms with van der Waals surface area (Å²) in [7, 11) is 1.67. The normalized spacial score (nSPS) is 20.4. The summed E-state index contributed by atoms with van der Waals surface area (Å²) < 4.78 is 11.1. The van der Waals surface area contributed by atoms with Crippen molar-refractivity contribution in [3.63, 3.8) is 0 Å². The zero-order valence-corrected chi connectivity index (χ0v) is 12.5. The van der Waals surface area contributed by atoms with Gasteiger partial charge in [-0.1, -0.05) is 0 Å². The highest BCUT2D eigenvalue weighted by Crippen LogP contribution is 2.23. The Morgan fingerprint density at radius 2 is 2.30 bits per heavy atom. The Labute approximate surface area is 120 Å². The Balaban J connectivity index is 2.17. The highest BCUT2D eigenvalue weighted by molar-refractivity contribution is 5.94. The molecule has 0 saturated carbocycles. The quantitative estimate of drug-likeness (QED) is 0.793. The molecule has 1 aliphatic heterocycles. The molecule has 1 aliphatic rings. The number of methoxy groups -OCH3 is 1. The van der Waals surface area contributed by atoms with Gasteiger partial charge in [0.05, 0.1) is 13.2 Å². The second-order valence-electron chi connectivity index (χ2n) is 5.35. The lowest BCUT2D eigenvalue weighted by Gasteiger charge is -2.23. The van der Waals surface area contributed by atoms with Gasteiger partial charge in [0.2, 0.25) is 0 Å². The lowest BCUT2D eigenvalue weighted by atomic mass is 10.1. The molecular weight excluding hydrogens is 254 g/mol. The molecule has 110 valence electrons. The molecule has 1 aromatic carbocycles. The molecule has 20 heavy (non-hydrogen) atoms. The van der Waals surface area contributed by atoms with Gasteiger partial charge in [-0.25, -0.2) is 0 Å². The van der Waals surface area contributed by atoms with Crippen molar-refractivity contribution in [3.8, 4) is 5.75 Å². The first kappa shape index (κ1) is 15.0. The van der Waals surface area contributed by atoms with Crippen LogP contribution >= 0.6 is 0 Å². The van der Waals surface area contributed by atoms with Gasteiger partial charge in [-0.05, 0) is 38.5 Å². The van der Waals surface area contributed by atoms with Crippen LogP contribution in [0.2, 0.25) is 0 Å². The van der Waals surface area contributed by atoms with Gasteiger partial charge in [0.25, 0.3) is 0 Å². The van der Waals surface area contributed by atoms with Crippen LogP contribution in [0.15, 0.2) is 18.2 Å². The monoisotopic (exact) mass is 277 g/mol. The lowest BCUT2D eigenvalue weighted by molar-refractivity contribution is 0.0667. The molecular formula is C16H23NO3. The average Bonchev–Trinajstić information content (AvgIpc) is 2.63. The minimum absolute atomic E-state index is 0.0847. The molecule has 1 atom stereocenters. The molecule has 0 N–H and O–H groups in total. The van der Waals surface area contributed by atoms with Crippen molar-refractivity contribution in [1.29, 1.82) is 0 Å². The van der Waals surface area contributed by atoms with Crippen LogP contribution in [0.5, 0.6) is 5.75 Å². The highest BCUT2D eigenvalue weighted by Gasteiger charge is 2.17. The van der Waals surface area contributed by atoms with Crippen LogP contribution in [0.4, 0.5) is 0 Å². The number of rotatable bonds is 4. The van der Waals surface area contributed by atoms with Crippen LogP contribution in [-0.2, 0) is 11.3 Å². The largest absolute Gasteiger partial charge is 0.496 e. The molecule has 0 bridgehead atoms. The zero-order valence-electron chi connectivity index (χ0n) is 12.5. The predicted octanol–water partition coefficient (Wildman–Crippen LogP) is 2.51. The number of ether oxygens (including phenoxy) is 2. The number of ketones is 1. The van der Waals surface area contributed by atoms with Crippen LogP contribution in [0.25, 0.3) is 0 Å². The van der Waals surface area contributed by atoms with Crippen molar-refractivity contribution in [3.05, 3.63) is 29.3 Å². The van der Waals surface area contributed by atoms with E-state index in [1.165, 1.54) is 0 Å². The Hall–Kier alpha value is -1.39. The summed E-state index contributed by atoms with van der Waals surface area (Å²) in [6.45, 7) is 7.22. The molecule has 0 spiro atoms. The molecule has 0 amide bonds. The fraction of sp³-hybridized carbons (Fsp3) is 0.562. The molecule has 2 rings (SSSR count). The summed E-state index contributed by atoms with van der Waals surface area (Å²) in [5.74, 6) is 0.925. The van der Waals surface area contributed by atoms with Crippen LogP contribution in [0.3, 0.4) is 0 Å². The Bertz CT molecular complexity index is 473. The Kier molecular flexibility index (Phi) is 5.15. The van der Waals surface area contributed by atoms with E-state index in [-0.39, 0.29) is 11.9 Å². The second kappa shape index (κ2) is 6.86. The SMILES string of the molecule is COc1ccc(C(C)=O)cc1CN1CCCOC(C)C1. The molecule has 1 heterocycles. The molecule has 0 radical (unpaired) electrons. The van der Waals surface area contributed by atoms with Crippen molar-refractivity contribution >= 4 is 5.78 Å². The van der Waals surface area contributed by atoms with Crippen molar-refractivity contribution in [1.82, 2.24) is 4.90 Å². The van der Waals surface area contributed by atoms with Crippen LogP contribution in [0.1, 0.15) is 36.2 Å². The van der Waals surface area contributed by atoms with Crippen molar-refractivity contribution < 1.29 is 14.3 Å². The van der Waals surface area contributed by atoms with Gasteiger partial charge in [0.1, 0.15) is 5.75 Å². The summed E-state index contributed by atoms with van der Waals surface area (Å²) in [5.41, 5.74) is 1.80. The van der Waals surface area contributed by atoms with E-state index >= 15 is 0 Å². The molecule has 1 aromatic rings. The standard InChI is InChI=1S/C16H23NO3/c1-12-10-17(7-4-8-20-12)11-15-9-14(13(2)18)5-6-16(15)19-3/h5-6,9,12H,4,7-8,10-11H2,1-3H3. The van der Waals surface area contributed by atoms with Crippen LogP contribution in [-0.4, -0.2) is 43.6 Å². The van der Waals surface area contributed by atoms with E-state index in [1.54, 1.807) is 14.0 Å². The van der Waals surface area contributed by atoms with Gasteiger partial charge in [-0.2, -0.15) is 0 Å². The number of benzene rings is 1. The fourth-order valence-electron chi connectivity index (χ4n) is 2.59. The number of nitrogens with zero attached hydrogens (tertiary/aromatic N) is 1. The van der Waals surface area contributed by atoms with Gasteiger partial charge >= 0.3 is 0 Å². The van der Waals surface area contributed by atoms with E-state index in [2.05, 4.69) is 11.8 Å². The van der Waals surface area contributed by atoms with Gasteiger partial charge in [0.15, 0.2) is 5.78 Å². The van der Waals surface area contributed by atoms with Gasteiger partial charge < -0.3 is 9.47 Å². The van der Waals surface area contributed by atoms with Gasteiger partial charge in [-0.3, -0.25) is 9.69 Å². The third kappa shape index (κ3) is 3.81. The fourth-order valence-corrected chi connectivity index (χ4v) is 2.59. The minimum Gasteiger partial charge on any atom is -0.496 e. The van der Waals surface area contributed by atoms with E-state index in [0.717, 1.165) is 49.5 Å². The summed E-state index contributed by atoms with van der Waals surface area (Å²) >= 11 is 0. The summed E-state index contributed by atoms with van der Waals surface area (Å²) in [4.78, 5) is 13.9. The Morgan fingerprint density at radius 3 is 3.00 bits per heavy atom. The molecule has 1 unspecified atom stereocenters. The first-order valence-electron chi connectivity index (χ1n) is 7.12. The third-order valence-corrected chi connectivity index (χ3v) is 3.62. The first-order chi connectivity index (χ1) is 9.60. The number of Topliss-reactive ketones (excluding diaryl/α,β-unsaturated/α-hetero) is 1. The molecule has 0 aromatic heterocycles. The van der Waals surface area contributed by atoms with E-state index in [0.29, 0.717) is 0 Å². The Morgan fingerprint density at radius 1 is 1.50 bits per heavy atom. The summed E-state index contributed by atoms with van der Waals surface area (Å²) in [5, 5.41) is 0. The maximum atomic E-state index is 11.5. The van der Waals surface area contributed by atoms with Gasteiger partial charge in [-0.15, -0.1) is 0 Å². The lowest BCUT2D eigenvalue weighted by Crippen LogP contribution is -2.30. The maximum Gasteiger partial charge on any atom is 0.159 e. The molecule has 4 heteroatoms. The molecule has 4 nitrogen and oxygen atoms in total. The predicted molar refractivity (Wildman–Crippen MR) is 78.3 cm³/mol. The zero-order chi connectivity index (χ0) is 14.5. The highest BCUT2D eigenvalue weighted by atomic mass is 16.5. The van der Waals surface area contributed by atoms with E-state index in [4.69, 9.17) is 9.47 Å². The molecule has 1 fully saturated rings.